The fraction of sp³-hybridized carbons (Fsp3) is 0.296. The van der Waals surface area contributed by atoms with E-state index in [2.05, 4.69) is 11.9 Å². The van der Waals surface area contributed by atoms with E-state index in [-0.39, 0.29) is 11.3 Å². The first kappa shape index (κ1) is 24.5. The molecule has 1 saturated heterocycles. The molecule has 0 aliphatic carbocycles. The van der Waals surface area contributed by atoms with Crippen molar-refractivity contribution in [2.75, 3.05) is 13.2 Å². The summed E-state index contributed by atoms with van der Waals surface area (Å²) >= 11 is 6.33. The Labute approximate surface area is 209 Å². The molecular formula is C27H28ClN3O4. The molecule has 35 heavy (non-hydrogen) atoms. The molecule has 1 N–H and O–H groups in total. The predicted octanol–water partition coefficient (Wildman–Crippen LogP) is 5.01. The van der Waals surface area contributed by atoms with E-state index in [1.165, 1.54) is 0 Å². The third-order valence-electron chi connectivity index (χ3n) is 6.12. The van der Waals surface area contributed by atoms with Crippen LogP contribution in [0, 0.1) is 0 Å². The van der Waals surface area contributed by atoms with Crippen LogP contribution in [-0.4, -0.2) is 44.4 Å². The van der Waals surface area contributed by atoms with Crippen molar-refractivity contribution in [2.24, 2.45) is 0 Å². The molecule has 0 radical (unpaired) electrons. The SMILES string of the molecule is CCOc1ccc(C(O)=C2C(=O)C(=O)N(CCCn3ccnc3)C2c2ccc(CC)cc2)cc1Cl. The molecule has 1 amide bonds. The Kier molecular flexibility index (Phi) is 7.56. The molecule has 2 aromatic carbocycles. The summed E-state index contributed by atoms with van der Waals surface area (Å²) in [4.78, 5) is 31.9. The lowest BCUT2D eigenvalue weighted by Gasteiger charge is -2.25. The number of hydrogen-bond acceptors (Lipinski definition) is 5. The maximum atomic E-state index is 13.2. The molecule has 0 bridgehead atoms. The number of carbonyl (C=O) groups is 2. The highest BCUT2D eigenvalue weighted by molar-refractivity contribution is 6.46. The molecule has 182 valence electrons. The monoisotopic (exact) mass is 493 g/mol. The molecule has 0 spiro atoms. The summed E-state index contributed by atoms with van der Waals surface area (Å²) in [5.41, 5.74) is 2.32. The summed E-state index contributed by atoms with van der Waals surface area (Å²) in [5, 5.41) is 11.6. The van der Waals surface area contributed by atoms with Crippen molar-refractivity contribution < 1.29 is 19.4 Å². The first-order valence-electron chi connectivity index (χ1n) is 11.7. The van der Waals surface area contributed by atoms with Gasteiger partial charge in [-0.05, 0) is 49.1 Å². The Morgan fingerprint density at radius 1 is 1.11 bits per heavy atom. The van der Waals surface area contributed by atoms with Gasteiger partial charge in [-0.25, -0.2) is 4.98 Å². The number of imidazole rings is 1. The van der Waals surface area contributed by atoms with Gasteiger partial charge in [-0.1, -0.05) is 42.8 Å². The van der Waals surface area contributed by atoms with Crippen LogP contribution in [0.1, 0.15) is 43.0 Å². The number of carbonyl (C=O) groups excluding carboxylic acids is 2. The standard InChI is InChI=1S/C27H28ClN3O4/c1-3-18-6-8-19(9-7-18)24-23(25(32)20-10-11-22(35-4-2)21(28)16-20)26(33)27(34)31(24)14-5-13-30-15-12-29-17-30/h6-12,15-17,24,32H,3-5,13-14H2,1-2H3. The summed E-state index contributed by atoms with van der Waals surface area (Å²) in [6, 6.07) is 11.9. The molecule has 1 unspecified atom stereocenters. The topological polar surface area (TPSA) is 84.7 Å². The number of nitrogens with zero attached hydrogens (tertiary/aromatic N) is 3. The van der Waals surface area contributed by atoms with Gasteiger partial charge in [0.1, 0.15) is 11.5 Å². The minimum Gasteiger partial charge on any atom is -0.507 e. The number of rotatable bonds is 9. The van der Waals surface area contributed by atoms with Crippen LogP contribution >= 0.6 is 11.6 Å². The van der Waals surface area contributed by atoms with E-state index in [1.807, 2.05) is 42.0 Å². The van der Waals surface area contributed by atoms with E-state index in [1.54, 1.807) is 35.6 Å². The van der Waals surface area contributed by atoms with Crippen LogP contribution in [0.25, 0.3) is 5.76 Å². The van der Waals surface area contributed by atoms with Crippen molar-refractivity contribution in [1.82, 2.24) is 14.5 Å². The zero-order valence-electron chi connectivity index (χ0n) is 19.8. The van der Waals surface area contributed by atoms with Gasteiger partial charge < -0.3 is 19.3 Å². The number of Topliss-reactive ketones (excluding diaryl/α,β-unsaturated/α-hetero) is 1. The Balaban J connectivity index is 1.73. The second-order valence-corrected chi connectivity index (χ2v) is 8.73. The highest BCUT2D eigenvalue weighted by Crippen LogP contribution is 2.40. The summed E-state index contributed by atoms with van der Waals surface area (Å²) < 4.78 is 7.39. The molecule has 8 heteroatoms. The average Bonchev–Trinajstić information content (AvgIpc) is 3.47. The molecule has 1 aliphatic heterocycles. The van der Waals surface area contributed by atoms with Gasteiger partial charge in [-0.2, -0.15) is 0 Å². The van der Waals surface area contributed by atoms with Gasteiger partial charge >= 0.3 is 0 Å². The van der Waals surface area contributed by atoms with Crippen molar-refractivity contribution >= 4 is 29.1 Å². The molecule has 0 saturated carbocycles. The number of aliphatic hydroxyl groups excluding tert-OH is 1. The number of ketones is 1. The maximum Gasteiger partial charge on any atom is 0.295 e. The van der Waals surface area contributed by atoms with Crippen molar-refractivity contribution in [3.05, 3.63) is 88.5 Å². The molecule has 3 aromatic rings. The third-order valence-corrected chi connectivity index (χ3v) is 6.42. The van der Waals surface area contributed by atoms with Crippen molar-refractivity contribution in [1.29, 1.82) is 0 Å². The van der Waals surface area contributed by atoms with Crippen LogP contribution in [0.5, 0.6) is 5.75 Å². The molecular weight excluding hydrogens is 466 g/mol. The van der Waals surface area contributed by atoms with Crippen molar-refractivity contribution in [3.63, 3.8) is 0 Å². The Morgan fingerprint density at radius 2 is 1.89 bits per heavy atom. The van der Waals surface area contributed by atoms with Crippen LogP contribution in [0.15, 0.2) is 66.8 Å². The number of likely N-dealkylation sites (tertiary alicyclic amines) is 1. The van der Waals surface area contributed by atoms with E-state index in [0.717, 1.165) is 17.5 Å². The maximum absolute atomic E-state index is 13.2. The van der Waals surface area contributed by atoms with E-state index in [9.17, 15) is 14.7 Å². The van der Waals surface area contributed by atoms with Gasteiger partial charge in [0.25, 0.3) is 11.7 Å². The number of ether oxygens (including phenoxy) is 1. The zero-order chi connectivity index (χ0) is 24.9. The normalized spacial score (nSPS) is 17.2. The van der Waals surface area contributed by atoms with Gasteiger partial charge in [-0.3, -0.25) is 9.59 Å². The fourth-order valence-corrected chi connectivity index (χ4v) is 4.55. The first-order valence-corrected chi connectivity index (χ1v) is 12.1. The Morgan fingerprint density at radius 3 is 2.51 bits per heavy atom. The van der Waals surface area contributed by atoms with Crippen molar-refractivity contribution in [3.8, 4) is 5.75 Å². The highest BCUT2D eigenvalue weighted by Gasteiger charge is 2.45. The fourth-order valence-electron chi connectivity index (χ4n) is 4.31. The van der Waals surface area contributed by atoms with Crippen molar-refractivity contribution in [2.45, 2.75) is 39.3 Å². The quantitative estimate of drug-likeness (QED) is 0.257. The van der Waals surface area contributed by atoms with Gasteiger partial charge in [-0.15, -0.1) is 0 Å². The molecule has 1 aliphatic rings. The van der Waals surface area contributed by atoms with Gasteiger partial charge in [0.2, 0.25) is 0 Å². The van der Waals surface area contributed by atoms with Crippen LogP contribution < -0.4 is 4.74 Å². The average molecular weight is 494 g/mol. The predicted molar refractivity (Wildman–Crippen MR) is 134 cm³/mol. The molecule has 1 atom stereocenters. The molecule has 1 fully saturated rings. The van der Waals surface area contributed by atoms with E-state index in [0.29, 0.717) is 42.5 Å². The largest absolute Gasteiger partial charge is 0.507 e. The Hall–Kier alpha value is -3.58. The zero-order valence-corrected chi connectivity index (χ0v) is 20.5. The van der Waals surface area contributed by atoms with E-state index < -0.39 is 17.7 Å². The number of aromatic nitrogens is 2. The number of hydrogen-bond donors (Lipinski definition) is 1. The third kappa shape index (κ3) is 5.10. The summed E-state index contributed by atoms with van der Waals surface area (Å²) in [7, 11) is 0. The van der Waals surface area contributed by atoms with Gasteiger partial charge in [0.05, 0.1) is 29.6 Å². The second-order valence-electron chi connectivity index (χ2n) is 8.32. The molecule has 4 rings (SSSR count). The van der Waals surface area contributed by atoms with E-state index >= 15 is 0 Å². The lowest BCUT2D eigenvalue weighted by atomic mass is 9.94. The number of halogens is 1. The van der Waals surface area contributed by atoms with Crippen LogP contribution in [0.4, 0.5) is 0 Å². The Bertz CT molecular complexity index is 1240. The van der Waals surface area contributed by atoms with Crippen LogP contribution in [0.3, 0.4) is 0 Å². The highest BCUT2D eigenvalue weighted by atomic mass is 35.5. The summed E-state index contributed by atoms with van der Waals surface area (Å²) in [5.74, 6) is -1.11. The first-order chi connectivity index (χ1) is 16.9. The molecule has 1 aromatic heterocycles. The van der Waals surface area contributed by atoms with E-state index in [4.69, 9.17) is 16.3 Å². The number of benzene rings is 2. The summed E-state index contributed by atoms with van der Waals surface area (Å²) in [6.45, 7) is 5.36. The smallest absolute Gasteiger partial charge is 0.295 e. The number of aryl methyl sites for hydroxylation is 2. The molecule has 7 nitrogen and oxygen atoms in total. The van der Waals surface area contributed by atoms with Gasteiger partial charge in [0, 0.05) is 31.0 Å². The summed E-state index contributed by atoms with van der Waals surface area (Å²) in [6.07, 6.45) is 6.76. The van der Waals surface area contributed by atoms with Crippen LogP contribution in [-0.2, 0) is 22.6 Å². The number of aliphatic hydroxyl groups is 1. The van der Waals surface area contributed by atoms with Crippen LogP contribution in [0.2, 0.25) is 5.02 Å². The van der Waals surface area contributed by atoms with Gasteiger partial charge in [0.15, 0.2) is 0 Å². The minimum atomic E-state index is -0.709. The second kappa shape index (κ2) is 10.8. The minimum absolute atomic E-state index is 0.0575. The lowest BCUT2D eigenvalue weighted by molar-refractivity contribution is -0.139. The molecule has 2 heterocycles. The lowest BCUT2D eigenvalue weighted by Crippen LogP contribution is -2.31. The number of amides is 1.